The number of fused-ring (bicyclic) bond motifs is 1. The summed E-state index contributed by atoms with van der Waals surface area (Å²) in [4.78, 5) is 21.7. The fourth-order valence-electron chi connectivity index (χ4n) is 3.65. The van der Waals surface area contributed by atoms with Crippen LogP contribution in [0.15, 0.2) is 48.7 Å². The van der Waals surface area contributed by atoms with Crippen LogP contribution < -0.4 is 10.1 Å². The van der Waals surface area contributed by atoms with Crippen molar-refractivity contribution >= 4 is 16.8 Å². The number of hydrogen-bond acceptors (Lipinski definition) is 6. The van der Waals surface area contributed by atoms with Gasteiger partial charge in [-0.1, -0.05) is 18.2 Å². The highest BCUT2D eigenvalue weighted by Gasteiger charge is 2.26. The second-order valence-corrected chi connectivity index (χ2v) is 7.31. The standard InChI is InChI=1S/C23H25N3O4/c1-2-30-22-12-15(7-9-24-22)11-16-13-20(25-18-6-4-3-5-17(16)18)23(28)26-19-8-10-29-14-21(19)27/h3-7,9,12-13,19,21,27H,2,8,10-11,14H2,1H3,(H,26,28). The number of rotatable bonds is 6. The van der Waals surface area contributed by atoms with Crippen LogP contribution in [0.3, 0.4) is 0 Å². The van der Waals surface area contributed by atoms with E-state index in [1.54, 1.807) is 6.20 Å². The molecule has 0 radical (unpaired) electrons. The molecule has 7 nitrogen and oxygen atoms in total. The van der Waals surface area contributed by atoms with Crippen molar-refractivity contribution in [3.63, 3.8) is 0 Å². The summed E-state index contributed by atoms with van der Waals surface area (Å²) in [5.41, 5.74) is 3.12. The number of aliphatic hydroxyl groups excluding tert-OH is 1. The van der Waals surface area contributed by atoms with Gasteiger partial charge in [-0.15, -0.1) is 0 Å². The first kappa shape index (κ1) is 20.3. The van der Waals surface area contributed by atoms with Gasteiger partial charge in [0, 0.05) is 24.3 Å². The molecule has 2 unspecified atom stereocenters. The van der Waals surface area contributed by atoms with Gasteiger partial charge in [-0.05, 0) is 49.1 Å². The van der Waals surface area contributed by atoms with Gasteiger partial charge in [-0.3, -0.25) is 4.79 Å². The number of para-hydroxylation sites is 1. The molecular weight excluding hydrogens is 382 g/mol. The zero-order valence-corrected chi connectivity index (χ0v) is 16.9. The number of carbonyl (C=O) groups excluding carboxylic acids is 1. The van der Waals surface area contributed by atoms with Crippen molar-refractivity contribution in [1.82, 2.24) is 15.3 Å². The quantitative estimate of drug-likeness (QED) is 0.652. The molecule has 7 heteroatoms. The number of aromatic nitrogens is 2. The van der Waals surface area contributed by atoms with Crippen molar-refractivity contribution in [2.24, 2.45) is 0 Å². The fraction of sp³-hybridized carbons (Fsp3) is 0.348. The molecule has 4 rings (SSSR count). The number of benzene rings is 1. The molecule has 1 amide bonds. The van der Waals surface area contributed by atoms with Crippen LogP contribution in [0.5, 0.6) is 5.88 Å². The van der Waals surface area contributed by atoms with Gasteiger partial charge in [-0.25, -0.2) is 9.97 Å². The van der Waals surface area contributed by atoms with Gasteiger partial charge in [0.15, 0.2) is 0 Å². The molecule has 0 bridgehead atoms. The third-order valence-corrected chi connectivity index (χ3v) is 5.16. The number of hydrogen-bond donors (Lipinski definition) is 2. The molecule has 0 saturated carbocycles. The summed E-state index contributed by atoms with van der Waals surface area (Å²) in [5.74, 6) is 0.289. The Morgan fingerprint density at radius 1 is 1.30 bits per heavy atom. The van der Waals surface area contributed by atoms with Crippen molar-refractivity contribution in [1.29, 1.82) is 0 Å². The molecule has 1 fully saturated rings. The molecule has 1 aliphatic heterocycles. The second-order valence-electron chi connectivity index (χ2n) is 7.31. The van der Waals surface area contributed by atoms with Crippen LogP contribution >= 0.6 is 0 Å². The lowest BCUT2D eigenvalue weighted by atomic mass is 10.00. The van der Waals surface area contributed by atoms with E-state index in [1.165, 1.54) is 0 Å². The molecule has 1 saturated heterocycles. The van der Waals surface area contributed by atoms with Crippen molar-refractivity contribution in [2.75, 3.05) is 19.8 Å². The van der Waals surface area contributed by atoms with E-state index >= 15 is 0 Å². The summed E-state index contributed by atoms with van der Waals surface area (Å²) in [7, 11) is 0. The first-order valence-electron chi connectivity index (χ1n) is 10.2. The maximum Gasteiger partial charge on any atom is 0.270 e. The summed E-state index contributed by atoms with van der Waals surface area (Å²) >= 11 is 0. The van der Waals surface area contributed by atoms with Gasteiger partial charge < -0.3 is 19.9 Å². The number of nitrogens with zero attached hydrogens (tertiary/aromatic N) is 2. The zero-order valence-electron chi connectivity index (χ0n) is 16.9. The lowest BCUT2D eigenvalue weighted by Gasteiger charge is -2.28. The van der Waals surface area contributed by atoms with Crippen molar-refractivity contribution in [2.45, 2.75) is 31.9 Å². The Kier molecular flexibility index (Phi) is 6.21. The van der Waals surface area contributed by atoms with Crippen LogP contribution in [-0.2, 0) is 11.2 Å². The molecule has 1 aromatic carbocycles. The van der Waals surface area contributed by atoms with E-state index in [0.717, 1.165) is 22.0 Å². The maximum atomic E-state index is 12.9. The number of ether oxygens (including phenoxy) is 2. The van der Waals surface area contributed by atoms with E-state index in [2.05, 4.69) is 15.3 Å². The lowest BCUT2D eigenvalue weighted by molar-refractivity contribution is -0.0261. The van der Waals surface area contributed by atoms with Crippen LogP contribution in [-0.4, -0.2) is 52.9 Å². The van der Waals surface area contributed by atoms with Gasteiger partial charge in [0.05, 0.1) is 30.9 Å². The number of pyridine rings is 2. The first-order valence-corrected chi connectivity index (χ1v) is 10.2. The van der Waals surface area contributed by atoms with Crippen LogP contribution in [0, 0.1) is 0 Å². The predicted molar refractivity (Wildman–Crippen MR) is 113 cm³/mol. The number of amides is 1. The average Bonchev–Trinajstić information content (AvgIpc) is 2.76. The average molecular weight is 407 g/mol. The van der Waals surface area contributed by atoms with E-state index in [0.29, 0.717) is 37.6 Å². The van der Waals surface area contributed by atoms with Gasteiger partial charge in [-0.2, -0.15) is 0 Å². The van der Waals surface area contributed by atoms with Crippen LogP contribution in [0.2, 0.25) is 0 Å². The first-order chi connectivity index (χ1) is 14.6. The maximum absolute atomic E-state index is 12.9. The molecular formula is C23H25N3O4. The van der Waals surface area contributed by atoms with Crippen LogP contribution in [0.1, 0.15) is 35.0 Å². The third-order valence-electron chi connectivity index (χ3n) is 5.16. The molecule has 2 N–H and O–H groups in total. The van der Waals surface area contributed by atoms with Crippen LogP contribution in [0.4, 0.5) is 0 Å². The van der Waals surface area contributed by atoms with E-state index < -0.39 is 6.10 Å². The Morgan fingerprint density at radius 3 is 3.00 bits per heavy atom. The largest absolute Gasteiger partial charge is 0.478 e. The van der Waals surface area contributed by atoms with Crippen LogP contribution in [0.25, 0.3) is 10.9 Å². The minimum absolute atomic E-state index is 0.228. The third kappa shape index (κ3) is 4.58. The summed E-state index contributed by atoms with van der Waals surface area (Å²) < 4.78 is 10.7. The van der Waals surface area contributed by atoms with E-state index in [-0.39, 0.29) is 18.6 Å². The van der Waals surface area contributed by atoms with E-state index in [4.69, 9.17) is 9.47 Å². The highest BCUT2D eigenvalue weighted by atomic mass is 16.5. The molecule has 2 aromatic heterocycles. The predicted octanol–water partition coefficient (Wildman–Crippen LogP) is 2.50. The Balaban J connectivity index is 1.64. The molecule has 30 heavy (non-hydrogen) atoms. The summed E-state index contributed by atoms with van der Waals surface area (Å²) in [6.07, 6.45) is 2.21. The minimum atomic E-state index is -0.712. The molecule has 3 heterocycles. The molecule has 2 atom stereocenters. The Hall–Kier alpha value is -3.03. The topological polar surface area (TPSA) is 93.6 Å². The monoisotopic (exact) mass is 407 g/mol. The van der Waals surface area contributed by atoms with Crippen molar-refractivity contribution in [3.8, 4) is 5.88 Å². The minimum Gasteiger partial charge on any atom is -0.478 e. The molecule has 156 valence electrons. The Bertz CT molecular complexity index is 1040. The number of nitrogens with one attached hydrogen (secondary N) is 1. The lowest BCUT2D eigenvalue weighted by Crippen LogP contribution is -2.48. The Labute approximate surface area is 175 Å². The second kappa shape index (κ2) is 9.19. The van der Waals surface area contributed by atoms with Gasteiger partial charge in [0.2, 0.25) is 5.88 Å². The zero-order chi connectivity index (χ0) is 20.9. The van der Waals surface area contributed by atoms with E-state index in [1.807, 2.05) is 49.4 Å². The van der Waals surface area contributed by atoms with Gasteiger partial charge in [0.1, 0.15) is 5.69 Å². The summed E-state index contributed by atoms with van der Waals surface area (Å²) in [6.45, 7) is 3.22. The van der Waals surface area contributed by atoms with Gasteiger partial charge in [0.25, 0.3) is 5.91 Å². The fourth-order valence-corrected chi connectivity index (χ4v) is 3.65. The molecule has 3 aromatic rings. The summed E-state index contributed by atoms with van der Waals surface area (Å²) in [5, 5.41) is 14.0. The number of carbonyl (C=O) groups is 1. The van der Waals surface area contributed by atoms with Gasteiger partial charge >= 0.3 is 0 Å². The van der Waals surface area contributed by atoms with Crippen molar-refractivity contribution < 1.29 is 19.4 Å². The molecule has 1 aliphatic rings. The van der Waals surface area contributed by atoms with Crippen molar-refractivity contribution in [3.05, 3.63) is 65.5 Å². The molecule has 0 spiro atoms. The summed E-state index contributed by atoms with van der Waals surface area (Å²) in [6, 6.07) is 13.1. The van der Waals surface area contributed by atoms with E-state index in [9.17, 15) is 9.90 Å². The normalized spacial score (nSPS) is 18.9. The Morgan fingerprint density at radius 2 is 2.17 bits per heavy atom. The number of aliphatic hydroxyl groups is 1. The highest BCUT2D eigenvalue weighted by molar-refractivity contribution is 5.96. The smallest absolute Gasteiger partial charge is 0.270 e. The SMILES string of the molecule is CCOc1cc(Cc2cc(C(=O)NC3CCOCC3O)nc3ccccc23)ccn1. The highest BCUT2D eigenvalue weighted by Crippen LogP contribution is 2.23. The molecule has 0 aliphatic carbocycles.